The van der Waals surface area contributed by atoms with Crippen molar-refractivity contribution in [2.45, 2.75) is 46.2 Å². The highest BCUT2D eigenvalue weighted by molar-refractivity contribution is 5.94. The van der Waals surface area contributed by atoms with E-state index < -0.39 is 0 Å². The molecule has 0 aliphatic carbocycles. The molecule has 0 bridgehead atoms. The molecule has 2 aromatic carbocycles. The summed E-state index contributed by atoms with van der Waals surface area (Å²) < 4.78 is 10.7. The first kappa shape index (κ1) is 24.0. The van der Waals surface area contributed by atoms with Crippen LogP contribution in [0.5, 0.6) is 5.75 Å². The summed E-state index contributed by atoms with van der Waals surface area (Å²) in [5.74, 6) is 1.53. The maximum Gasteiger partial charge on any atom is 0.253 e. The van der Waals surface area contributed by atoms with E-state index in [-0.39, 0.29) is 24.3 Å². The SMILES string of the molecule is CCOc1ccc(-c2noc(CCC(=O)NCc3ccc(C(=O)N(C)C(C)C)cc3)n2)cc1. The van der Waals surface area contributed by atoms with Crippen molar-refractivity contribution in [1.82, 2.24) is 20.4 Å². The summed E-state index contributed by atoms with van der Waals surface area (Å²) in [6, 6.07) is 14.8. The molecule has 0 radical (unpaired) electrons. The fraction of sp³-hybridized carbons (Fsp3) is 0.360. The van der Waals surface area contributed by atoms with E-state index in [1.807, 2.05) is 57.2 Å². The molecule has 1 aromatic heterocycles. The monoisotopic (exact) mass is 450 g/mol. The smallest absolute Gasteiger partial charge is 0.253 e. The normalized spacial score (nSPS) is 10.8. The van der Waals surface area contributed by atoms with E-state index in [2.05, 4.69) is 15.5 Å². The van der Waals surface area contributed by atoms with Crippen molar-refractivity contribution in [3.63, 3.8) is 0 Å². The van der Waals surface area contributed by atoms with Gasteiger partial charge in [-0.15, -0.1) is 0 Å². The standard InChI is InChI=1S/C25H30N4O4/c1-5-32-21-12-10-19(11-13-21)24-27-23(33-28-24)15-14-22(30)26-16-18-6-8-20(9-7-18)25(31)29(4)17(2)3/h6-13,17H,5,14-16H2,1-4H3,(H,26,30). The van der Waals surface area contributed by atoms with Crippen LogP contribution in [0.4, 0.5) is 0 Å². The van der Waals surface area contributed by atoms with Gasteiger partial charge in [0, 0.05) is 43.6 Å². The van der Waals surface area contributed by atoms with Gasteiger partial charge >= 0.3 is 0 Å². The third-order valence-corrected chi connectivity index (χ3v) is 5.24. The molecule has 1 N–H and O–H groups in total. The van der Waals surface area contributed by atoms with Gasteiger partial charge in [-0.25, -0.2) is 0 Å². The molecule has 8 heteroatoms. The van der Waals surface area contributed by atoms with E-state index in [1.165, 1.54) is 0 Å². The second-order valence-electron chi connectivity index (χ2n) is 7.95. The van der Waals surface area contributed by atoms with E-state index >= 15 is 0 Å². The molecule has 0 aliphatic heterocycles. The highest BCUT2D eigenvalue weighted by Crippen LogP contribution is 2.20. The van der Waals surface area contributed by atoms with Crippen LogP contribution in [0.3, 0.4) is 0 Å². The lowest BCUT2D eigenvalue weighted by Gasteiger charge is -2.21. The summed E-state index contributed by atoms with van der Waals surface area (Å²) in [4.78, 5) is 30.6. The van der Waals surface area contributed by atoms with E-state index in [4.69, 9.17) is 9.26 Å². The fourth-order valence-corrected chi connectivity index (χ4v) is 3.05. The van der Waals surface area contributed by atoms with Gasteiger partial charge in [-0.05, 0) is 62.7 Å². The third-order valence-electron chi connectivity index (χ3n) is 5.24. The molecule has 8 nitrogen and oxygen atoms in total. The van der Waals surface area contributed by atoms with Gasteiger partial charge in [-0.2, -0.15) is 4.98 Å². The summed E-state index contributed by atoms with van der Waals surface area (Å²) in [6.07, 6.45) is 0.589. The molecular weight excluding hydrogens is 420 g/mol. The number of ether oxygens (including phenoxy) is 1. The maximum absolute atomic E-state index is 12.3. The largest absolute Gasteiger partial charge is 0.494 e. The number of benzene rings is 2. The van der Waals surface area contributed by atoms with Gasteiger partial charge in [0.2, 0.25) is 17.6 Å². The van der Waals surface area contributed by atoms with Gasteiger partial charge in [0.1, 0.15) is 5.75 Å². The van der Waals surface area contributed by atoms with Crippen LogP contribution < -0.4 is 10.1 Å². The molecule has 0 spiro atoms. The molecule has 0 saturated carbocycles. The molecule has 33 heavy (non-hydrogen) atoms. The van der Waals surface area contributed by atoms with Crippen LogP contribution in [-0.4, -0.2) is 46.6 Å². The number of rotatable bonds is 10. The quantitative estimate of drug-likeness (QED) is 0.504. The van der Waals surface area contributed by atoms with Crippen molar-refractivity contribution in [2.75, 3.05) is 13.7 Å². The lowest BCUT2D eigenvalue weighted by atomic mass is 10.1. The number of hydrogen-bond acceptors (Lipinski definition) is 6. The number of carbonyl (C=O) groups is 2. The lowest BCUT2D eigenvalue weighted by Crippen LogP contribution is -2.32. The minimum atomic E-state index is -0.115. The highest BCUT2D eigenvalue weighted by Gasteiger charge is 2.14. The van der Waals surface area contributed by atoms with Gasteiger partial charge in [0.25, 0.3) is 5.91 Å². The number of nitrogens with zero attached hydrogens (tertiary/aromatic N) is 3. The van der Waals surface area contributed by atoms with Crippen LogP contribution in [0.15, 0.2) is 53.1 Å². The van der Waals surface area contributed by atoms with E-state index in [0.717, 1.165) is 16.9 Å². The van der Waals surface area contributed by atoms with Crippen molar-refractivity contribution in [2.24, 2.45) is 0 Å². The van der Waals surface area contributed by atoms with Crippen molar-refractivity contribution < 1.29 is 18.8 Å². The predicted molar refractivity (Wildman–Crippen MR) is 125 cm³/mol. The first-order chi connectivity index (χ1) is 15.9. The Labute approximate surface area is 193 Å². The summed E-state index contributed by atoms with van der Waals surface area (Å²) in [7, 11) is 1.78. The number of aryl methyl sites for hydroxylation is 1. The Morgan fingerprint density at radius 1 is 1.09 bits per heavy atom. The van der Waals surface area contributed by atoms with Crippen LogP contribution in [0.25, 0.3) is 11.4 Å². The topological polar surface area (TPSA) is 97.6 Å². The molecule has 0 aliphatic rings. The Morgan fingerprint density at radius 2 is 1.79 bits per heavy atom. The average Bonchev–Trinajstić information content (AvgIpc) is 3.30. The fourth-order valence-electron chi connectivity index (χ4n) is 3.05. The lowest BCUT2D eigenvalue weighted by molar-refractivity contribution is -0.121. The van der Waals surface area contributed by atoms with Crippen molar-refractivity contribution >= 4 is 11.8 Å². The molecule has 174 valence electrons. The third kappa shape index (κ3) is 6.65. The molecule has 0 unspecified atom stereocenters. The molecule has 1 heterocycles. The van der Waals surface area contributed by atoms with Crippen molar-refractivity contribution in [3.05, 3.63) is 65.5 Å². The first-order valence-electron chi connectivity index (χ1n) is 11.1. The molecule has 0 atom stereocenters. The zero-order valence-corrected chi connectivity index (χ0v) is 19.5. The molecule has 0 fully saturated rings. The summed E-state index contributed by atoms with van der Waals surface area (Å²) >= 11 is 0. The minimum absolute atomic E-state index is 0.0234. The second kappa shape index (κ2) is 11.3. The molecular formula is C25H30N4O4. The Kier molecular flexibility index (Phi) is 8.18. The van der Waals surface area contributed by atoms with Crippen LogP contribution in [0.2, 0.25) is 0 Å². The molecule has 0 saturated heterocycles. The second-order valence-corrected chi connectivity index (χ2v) is 7.95. The number of nitrogens with one attached hydrogen (secondary N) is 1. The number of aromatic nitrogens is 2. The Balaban J connectivity index is 1.46. The van der Waals surface area contributed by atoms with Gasteiger partial charge in [-0.3, -0.25) is 9.59 Å². The number of hydrogen-bond donors (Lipinski definition) is 1. The maximum atomic E-state index is 12.3. The zero-order chi connectivity index (χ0) is 23.8. The molecule has 2 amide bonds. The summed E-state index contributed by atoms with van der Waals surface area (Å²) in [5, 5.41) is 6.87. The number of amides is 2. The Bertz CT molecular complexity index is 1060. The van der Waals surface area contributed by atoms with Crippen LogP contribution >= 0.6 is 0 Å². The zero-order valence-electron chi connectivity index (χ0n) is 19.5. The Hall–Kier alpha value is -3.68. The van der Waals surface area contributed by atoms with E-state index in [9.17, 15) is 9.59 Å². The van der Waals surface area contributed by atoms with Gasteiger partial charge in [0.05, 0.1) is 6.61 Å². The van der Waals surface area contributed by atoms with Crippen LogP contribution in [-0.2, 0) is 17.8 Å². The predicted octanol–water partition coefficient (Wildman–Crippen LogP) is 3.86. The Morgan fingerprint density at radius 3 is 2.42 bits per heavy atom. The summed E-state index contributed by atoms with van der Waals surface area (Å²) in [6.45, 7) is 6.86. The van der Waals surface area contributed by atoms with Gasteiger partial charge < -0.3 is 19.5 Å². The highest BCUT2D eigenvalue weighted by atomic mass is 16.5. The summed E-state index contributed by atoms with van der Waals surface area (Å²) in [5.41, 5.74) is 2.36. The molecule has 3 rings (SSSR count). The van der Waals surface area contributed by atoms with E-state index in [1.54, 1.807) is 24.1 Å². The van der Waals surface area contributed by atoms with Crippen LogP contribution in [0.1, 0.15) is 49.0 Å². The van der Waals surface area contributed by atoms with Crippen LogP contribution in [0, 0.1) is 0 Å². The first-order valence-corrected chi connectivity index (χ1v) is 11.1. The van der Waals surface area contributed by atoms with Gasteiger partial charge in [-0.1, -0.05) is 17.3 Å². The molecule has 3 aromatic rings. The van der Waals surface area contributed by atoms with Crippen molar-refractivity contribution in [3.8, 4) is 17.1 Å². The van der Waals surface area contributed by atoms with Crippen molar-refractivity contribution in [1.29, 1.82) is 0 Å². The number of carbonyl (C=O) groups excluding carboxylic acids is 2. The average molecular weight is 451 g/mol. The van der Waals surface area contributed by atoms with E-state index in [0.29, 0.717) is 36.9 Å². The van der Waals surface area contributed by atoms with Gasteiger partial charge in [0.15, 0.2) is 0 Å². The minimum Gasteiger partial charge on any atom is -0.494 e.